The van der Waals surface area contributed by atoms with Crippen molar-refractivity contribution in [2.45, 2.75) is 19.3 Å². The van der Waals surface area contributed by atoms with Gasteiger partial charge in [-0.2, -0.15) is 0 Å². The van der Waals surface area contributed by atoms with Gasteiger partial charge in [-0.3, -0.25) is 0 Å². The first-order chi connectivity index (χ1) is 5.00. The minimum Gasteiger partial charge on any atom is -0.0879 e. The Labute approximate surface area is 62.9 Å². The molecular formula is C10H13. The lowest BCUT2D eigenvalue weighted by Gasteiger charge is -1.90. The Morgan fingerprint density at radius 1 is 0.600 bits per heavy atom. The highest BCUT2D eigenvalue weighted by molar-refractivity contribution is 5.07. The van der Waals surface area contributed by atoms with E-state index in [0.29, 0.717) is 0 Å². The van der Waals surface area contributed by atoms with E-state index in [0.717, 1.165) is 19.3 Å². The summed E-state index contributed by atoms with van der Waals surface area (Å²) in [5.41, 5.74) is 0. The van der Waals surface area contributed by atoms with Crippen LogP contribution in [0.2, 0.25) is 0 Å². The van der Waals surface area contributed by atoms with Crippen LogP contribution in [0.15, 0.2) is 36.5 Å². The molecule has 0 nitrogen and oxygen atoms in total. The molecule has 1 aliphatic carbocycles. The van der Waals surface area contributed by atoms with E-state index < -0.39 is 0 Å². The SMILES string of the molecule is [CH]1CC=CC=CCC=CC1. The number of hydrogen-bond acceptors (Lipinski definition) is 0. The third-order valence-corrected chi connectivity index (χ3v) is 1.43. The van der Waals surface area contributed by atoms with Crippen LogP contribution < -0.4 is 0 Å². The van der Waals surface area contributed by atoms with Crippen LogP contribution in [0.3, 0.4) is 0 Å². The standard InChI is InChI=1S/C10H13/c1-2-4-6-8-10-9-7-5-3-1/h1-4,7-9H,5-6,10H2. The molecule has 0 fully saturated rings. The molecule has 1 radical (unpaired) electrons. The fraction of sp³-hybridized carbons (Fsp3) is 0.300. The number of hydrogen-bond donors (Lipinski definition) is 0. The van der Waals surface area contributed by atoms with Gasteiger partial charge in [0.2, 0.25) is 0 Å². The molecule has 0 spiro atoms. The zero-order chi connectivity index (χ0) is 7.07. The van der Waals surface area contributed by atoms with Gasteiger partial charge in [-0.1, -0.05) is 36.5 Å². The smallest absolute Gasteiger partial charge is 0.0166 e. The number of allylic oxidation sites excluding steroid dienone is 6. The third kappa shape index (κ3) is 3.29. The molecule has 0 unspecified atom stereocenters. The Morgan fingerprint density at radius 2 is 1.20 bits per heavy atom. The summed E-state index contributed by atoms with van der Waals surface area (Å²) in [7, 11) is 0. The molecule has 0 heteroatoms. The molecule has 1 rings (SSSR count). The Balaban J connectivity index is 2.38. The molecule has 10 heavy (non-hydrogen) atoms. The second kappa shape index (κ2) is 5.04. The van der Waals surface area contributed by atoms with Crippen LogP contribution in [0.4, 0.5) is 0 Å². The maximum Gasteiger partial charge on any atom is -0.0166 e. The van der Waals surface area contributed by atoms with Gasteiger partial charge in [0.25, 0.3) is 0 Å². The molecule has 0 bridgehead atoms. The summed E-state index contributed by atoms with van der Waals surface area (Å²) >= 11 is 0. The van der Waals surface area contributed by atoms with Crippen LogP contribution in [0.5, 0.6) is 0 Å². The zero-order valence-corrected chi connectivity index (χ0v) is 6.16. The van der Waals surface area contributed by atoms with E-state index >= 15 is 0 Å². The minimum absolute atomic E-state index is 1.07. The maximum atomic E-state index is 2.27. The van der Waals surface area contributed by atoms with Crippen LogP contribution in [0, 0.1) is 6.42 Å². The molecular weight excluding hydrogens is 120 g/mol. The highest BCUT2D eigenvalue weighted by Gasteiger charge is 1.81. The van der Waals surface area contributed by atoms with Crippen molar-refractivity contribution in [3.63, 3.8) is 0 Å². The molecule has 0 N–H and O–H groups in total. The van der Waals surface area contributed by atoms with Gasteiger partial charge in [0, 0.05) is 0 Å². The quantitative estimate of drug-likeness (QED) is 0.445. The molecule has 53 valence electrons. The predicted molar refractivity (Wildman–Crippen MR) is 45.6 cm³/mol. The van der Waals surface area contributed by atoms with Crippen molar-refractivity contribution in [1.82, 2.24) is 0 Å². The monoisotopic (exact) mass is 133 g/mol. The van der Waals surface area contributed by atoms with Crippen molar-refractivity contribution >= 4 is 0 Å². The van der Waals surface area contributed by atoms with Gasteiger partial charge in [0.1, 0.15) is 0 Å². The first-order valence-corrected chi connectivity index (χ1v) is 3.78. The van der Waals surface area contributed by atoms with Gasteiger partial charge in [0.05, 0.1) is 0 Å². The fourth-order valence-electron chi connectivity index (χ4n) is 0.874. The van der Waals surface area contributed by atoms with E-state index in [1.165, 1.54) is 0 Å². The number of rotatable bonds is 0. The van der Waals surface area contributed by atoms with Crippen molar-refractivity contribution in [3.05, 3.63) is 42.9 Å². The van der Waals surface area contributed by atoms with Gasteiger partial charge in [-0.25, -0.2) is 0 Å². The maximum absolute atomic E-state index is 2.27. The van der Waals surface area contributed by atoms with E-state index in [1.54, 1.807) is 0 Å². The van der Waals surface area contributed by atoms with Crippen LogP contribution in [0.1, 0.15) is 19.3 Å². The molecule has 0 heterocycles. The second-order valence-electron chi connectivity index (χ2n) is 2.32. The third-order valence-electron chi connectivity index (χ3n) is 1.43. The molecule has 0 amide bonds. The lowest BCUT2D eigenvalue weighted by Crippen LogP contribution is -1.72. The summed E-state index contributed by atoms with van der Waals surface area (Å²) in [5, 5.41) is 0. The molecule has 0 aromatic rings. The van der Waals surface area contributed by atoms with Crippen LogP contribution in [-0.2, 0) is 0 Å². The Bertz CT molecular complexity index is 149. The van der Waals surface area contributed by atoms with Crippen molar-refractivity contribution in [3.8, 4) is 0 Å². The lowest BCUT2D eigenvalue weighted by atomic mass is 10.2. The van der Waals surface area contributed by atoms with Crippen molar-refractivity contribution in [1.29, 1.82) is 0 Å². The first kappa shape index (κ1) is 7.33. The summed E-state index contributed by atoms with van der Waals surface area (Å²) in [6.07, 6.45) is 18.5. The minimum atomic E-state index is 1.07. The second-order valence-corrected chi connectivity index (χ2v) is 2.32. The molecule has 0 saturated carbocycles. The normalized spacial score (nSPS) is 19.2. The largest absolute Gasteiger partial charge is 0.0879 e. The summed E-state index contributed by atoms with van der Waals surface area (Å²) in [5.74, 6) is 0. The van der Waals surface area contributed by atoms with E-state index in [-0.39, 0.29) is 0 Å². The Kier molecular flexibility index (Phi) is 3.69. The summed E-state index contributed by atoms with van der Waals surface area (Å²) in [6, 6.07) is 0. The average molecular weight is 133 g/mol. The van der Waals surface area contributed by atoms with Crippen LogP contribution in [-0.4, -0.2) is 0 Å². The van der Waals surface area contributed by atoms with Gasteiger partial charge in [-0.15, -0.1) is 0 Å². The van der Waals surface area contributed by atoms with Gasteiger partial charge < -0.3 is 0 Å². The van der Waals surface area contributed by atoms with Gasteiger partial charge in [-0.05, 0) is 25.7 Å². The highest BCUT2D eigenvalue weighted by Crippen LogP contribution is 2.00. The zero-order valence-electron chi connectivity index (χ0n) is 6.16. The van der Waals surface area contributed by atoms with E-state index in [4.69, 9.17) is 0 Å². The van der Waals surface area contributed by atoms with Gasteiger partial charge >= 0.3 is 0 Å². The van der Waals surface area contributed by atoms with Crippen LogP contribution >= 0.6 is 0 Å². The van der Waals surface area contributed by atoms with Crippen molar-refractivity contribution < 1.29 is 0 Å². The molecule has 1 aliphatic rings. The fourth-order valence-corrected chi connectivity index (χ4v) is 0.874. The topological polar surface area (TPSA) is 0 Å². The molecule has 0 aromatic carbocycles. The van der Waals surface area contributed by atoms with E-state index in [2.05, 4.69) is 42.9 Å². The Hall–Kier alpha value is -0.780. The average Bonchev–Trinajstić information content (AvgIpc) is 2.01. The first-order valence-electron chi connectivity index (χ1n) is 3.78. The predicted octanol–water partition coefficient (Wildman–Crippen LogP) is 3.04. The highest BCUT2D eigenvalue weighted by atomic mass is 13.9. The van der Waals surface area contributed by atoms with Crippen LogP contribution in [0.25, 0.3) is 0 Å². The molecule has 0 saturated heterocycles. The summed E-state index contributed by atoms with van der Waals surface area (Å²) in [6.45, 7) is 0. The summed E-state index contributed by atoms with van der Waals surface area (Å²) < 4.78 is 0. The van der Waals surface area contributed by atoms with E-state index in [1.807, 2.05) is 0 Å². The van der Waals surface area contributed by atoms with Crippen molar-refractivity contribution in [2.75, 3.05) is 0 Å². The Morgan fingerprint density at radius 3 is 2.10 bits per heavy atom. The van der Waals surface area contributed by atoms with Crippen molar-refractivity contribution in [2.24, 2.45) is 0 Å². The lowest BCUT2D eigenvalue weighted by molar-refractivity contribution is 1.09. The molecule has 0 aromatic heterocycles. The van der Waals surface area contributed by atoms with E-state index in [9.17, 15) is 0 Å². The molecule has 0 atom stereocenters. The molecule has 0 aliphatic heterocycles. The van der Waals surface area contributed by atoms with Gasteiger partial charge in [0.15, 0.2) is 0 Å². The summed E-state index contributed by atoms with van der Waals surface area (Å²) in [4.78, 5) is 0.